The Morgan fingerprint density at radius 3 is 2.34 bits per heavy atom. The van der Waals surface area contributed by atoms with Gasteiger partial charge in [-0.15, -0.1) is 0 Å². The first-order chi connectivity index (χ1) is 18.4. The van der Waals surface area contributed by atoms with Crippen molar-refractivity contribution in [3.05, 3.63) is 102 Å². The molecule has 5 N–H and O–H groups in total. The zero-order valence-electron chi connectivity index (χ0n) is 21.0. The number of amides is 3. The number of anilines is 2. The van der Waals surface area contributed by atoms with Crippen LogP contribution in [0, 0.1) is 0 Å². The summed E-state index contributed by atoms with van der Waals surface area (Å²) in [4.78, 5) is 37.3. The molecule has 0 spiro atoms. The van der Waals surface area contributed by atoms with Crippen LogP contribution in [0.5, 0.6) is 5.75 Å². The molecule has 198 valence electrons. The standard InChI is InChI=1S/C29H31N3O6/c1-2-37-25(14-8-9-15-26(34)31-24-13-7-6-12-23(24)30)27(20-16-18-22(33)19-17-20)38-29(36)32-28(35)21-10-4-3-5-11-21/h3-7,9-13,15-19,25,27,33H,2,8,14,30H2,1H3,(H,31,34)(H,32,35,36)/b15-9+/t25-,27-/m1/s1. The Hall–Kier alpha value is -4.63. The van der Waals surface area contributed by atoms with Crippen LogP contribution in [-0.2, 0) is 14.3 Å². The van der Waals surface area contributed by atoms with Gasteiger partial charge in [0.15, 0.2) is 6.10 Å². The summed E-state index contributed by atoms with van der Waals surface area (Å²) in [5, 5.41) is 14.7. The van der Waals surface area contributed by atoms with Crippen molar-refractivity contribution in [2.45, 2.75) is 32.0 Å². The third kappa shape index (κ3) is 8.49. The summed E-state index contributed by atoms with van der Waals surface area (Å²) < 4.78 is 11.6. The van der Waals surface area contributed by atoms with E-state index in [9.17, 15) is 19.5 Å². The van der Waals surface area contributed by atoms with Gasteiger partial charge in [0, 0.05) is 12.2 Å². The molecular weight excluding hydrogens is 486 g/mol. The summed E-state index contributed by atoms with van der Waals surface area (Å²) in [7, 11) is 0. The number of para-hydroxylation sites is 2. The lowest BCUT2D eigenvalue weighted by Gasteiger charge is -2.27. The maximum atomic E-state index is 12.7. The molecule has 0 aliphatic carbocycles. The van der Waals surface area contributed by atoms with Crippen LogP contribution >= 0.6 is 0 Å². The summed E-state index contributed by atoms with van der Waals surface area (Å²) in [6, 6.07) is 21.4. The molecule has 0 aliphatic heterocycles. The van der Waals surface area contributed by atoms with Gasteiger partial charge < -0.3 is 25.6 Å². The highest BCUT2D eigenvalue weighted by atomic mass is 16.6. The van der Waals surface area contributed by atoms with Gasteiger partial charge in [0.25, 0.3) is 5.91 Å². The van der Waals surface area contributed by atoms with E-state index < -0.39 is 24.2 Å². The number of nitrogens with one attached hydrogen (secondary N) is 2. The Balaban J connectivity index is 1.68. The molecule has 0 aliphatic rings. The molecule has 0 aromatic heterocycles. The van der Waals surface area contributed by atoms with Gasteiger partial charge in [-0.3, -0.25) is 14.9 Å². The zero-order chi connectivity index (χ0) is 27.3. The van der Waals surface area contributed by atoms with Crippen LogP contribution in [-0.4, -0.2) is 35.7 Å². The number of carbonyl (C=O) groups is 3. The van der Waals surface area contributed by atoms with Crippen molar-refractivity contribution in [2.75, 3.05) is 17.7 Å². The number of hydrogen-bond donors (Lipinski definition) is 4. The Morgan fingerprint density at radius 1 is 0.974 bits per heavy atom. The topological polar surface area (TPSA) is 140 Å². The summed E-state index contributed by atoms with van der Waals surface area (Å²) in [5.41, 5.74) is 7.73. The lowest BCUT2D eigenvalue weighted by Crippen LogP contribution is -2.35. The molecule has 0 unspecified atom stereocenters. The normalized spacial score (nSPS) is 12.4. The molecule has 0 saturated heterocycles. The predicted molar refractivity (Wildman–Crippen MR) is 145 cm³/mol. The first-order valence-electron chi connectivity index (χ1n) is 12.2. The molecule has 0 heterocycles. The number of imide groups is 1. The van der Waals surface area contributed by atoms with E-state index in [1.165, 1.54) is 18.2 Å². The minimum atomic E-state index is -0.933. The van der Waals surface area contributed by atoms with E-state index in [0.717, 1.165) is 0 Å². The highest BCUT2D eigenvalue weighted by Gasteiger charge is 2.28. The van der Waals surface area contributed by atoms with Gasteiger partial charge >= 0.3 is 6.09 Å². The average Bonchev–Trinajstić information content (AvgIpc) is 2.91. The molecule has 9 heteroatoms. The summed E-state index contributed by atoms with van der Waals surface area (Å²) in [5.74, 6) is -0.876. The second kappa shape index (κ2) is 14.2. The zero-order valence-corrected chi connectivity index (χ0v) is 21.0. The van der Waals surface area contributed by atoms with Crippen molar-refractivity contribution in [3.63, 3.8) is 0 Å². The molecule has 0 fully saturated rings. The van der Waals surface area contributed by atoms with Gasteiger partial charge in [-0.1, -0.05) is 48.5 Å². The number of aromatic hydroxyl groups is 1. The molecule has 38 heavy (non-hydrogen) atoms. The van der Waals surface area contributed by atoms with Crippen molar-refractivity contribution in [3.8, 4) is 5.75 Å². The minimum Gasteiger partial charge on any atom is -0.508 e. The molecule has 3 amide bonds. The van der Waals surface area contributed by atoms with Crippen LogP contribution in [0.25, 0.3) is 0 Å². The number of alkyl carbamates (subject to hydrolysis) is 1. The van der Waals surface area contributed by atoms with Crippen molar-refractivity contribution < 1.29 is 29.0 Å². The van der Waals surface area contributed by atoms with Crippen LogP contribution in [0.4, 0.5) is 16.2 Å². The van der Waals surface area contributed by atoms with Crippen molar-refractivity contribution in [1.82, 2.24) is 5.32 Å². The largest absolute Gasteiger partial charge is 0.508 e. The van der Waals surface area contributed by atoms with Gasteiger partial charge in [-0.2, -0.15) is 0 Å². The summed E-state index contributed by atoms with van der Waals surface area (Å²) in [6.45, 7) is 2.15. The number of allylic oxidation sites excluding steroid dienone is 1. The van der Waals surface area contributed by atoms with Crippen molar-refractivity contribution in [2.24, 2.45) is 0 Å². The summed E-state index contributed by atoms with van der Waals surface area (Å²) >= 11 is 0. The molecule has 9 nitrogen and oxygen atoms in total. The molecular formula is C29H31N3O6. The van der Waals surface area contributed by atoms with E-state index in [2.05, 4.69) is 10.6 Å². The predicted octanol–water partition coefficient (Wildman–Crippen LogP) is 4.96. The minimum absolute atomic E-state index is 0.0529. The highest BCUT2D eigenvalue weighted by Crippen LogP contribution is 2.28. The molecule has 3 aromatic carbocycles. The number of nitrogen functional groups attached to an aromatic ring is 1. The van der Waals surface area contributed by atoms with E-state index in [1.807, 2.05) is 6.92 Å². The fraction of sp³-hybridized carbons (Fsp3) is 0.207. The van der Waals surface area contributed by atoms with E-state index in [1.54, 1.807) is 72.8 Å². The Labute approximate surface area is 221 Å². The van der Waals surface area contributed by atoms with Gasteiger partial charge in [-0.25, -0.2) is 4.79 Å². The Kier molecular flexibility index (Phi) is 10.4. The van der Waals surface area contributed by atoms with Crippen LogP contribution in [0.15, 0.2) is 91.0 Å². The van der Waals surface area contributed by atoms with Crippen molar-refractivity contribution in [1.29, 1.82) is 0 Å². The molecule has 0 bridgehead atoms. The molecule has 0 radical (unpaired) electrons. The Morgan fingerprint density at radius 2 is 1.66 bits per heavy atom. The SMILES string of the molecule is CCO[C@H](CC/C=C/C(=O)Nc1ccccc1N)[C@H](OC(=O)NC(=O)c1ccccc1)c1ccc(O)cc1. The second-order valence-corrected chi connectivity index (χ2v) is 8.29. The lowest BCUT2D eigenvalue weighted by molar-refractivity contribution is -0.111. The van der Waals surface area contributed by atoms with Gasteiger partial charge in [0.2, 0.25) is 5.91 Å². The van der Waals surface area contributed by atoms with E-state index >= 15 is 0 Å². The van der Waals surface area contributed by atoms with Crippen LogP contribution in [0.3, 0.4) is 0 Å². The van der Waals surface area contributed by atoms with Crippen molar-refractivity contribution >= 4 is 29.3 Å². The third-order valence-electron chi connectivity index (χ3n) is 5.53. The molecule has 3 rings (SSSR count). The monoisotopic (exact) mass is 517 g/mol. The maximum Gasteiger partial charge on any atom is 0.414 e. The van der Waals surface area contributed by atoms with E-state index in [-0.39, 0.29) is 11.7 Å². The number of benzene rings is 3. The van der Waals surface area contributed by atoms with E-state index in [4.69, 9.17) is 15.2 Å². The smallest absolute Gasteiger partial charge is 0.414 e. The van der Waals surface area contributed by atoms with Gasteiger partial charge in [0.1, 0.15) is 5.75 Å². The fourth-order valence-electron chi connectivity index (χ4n) is 3.69. The second-order valence-electron chi connectivity index (χ2n) is 8.29. The Bertz CT molecular complexity index is 1240. The number of nitrogens with two attached hydrogens (primary N) is 1. The first kappa shape index (κ1) is 27.9. The van der Waals surface area contributed by atoms with E-state index in [0.29, 0.717) is 42.0 Å². The maximum absolute atomic E-state index is 12.7. The summed E-state index contributed by atoms with van der Waals surface area (Å²) in [6.07, 6.45) is 1.51. The number of phenolic OH excluding ortho intramolecular Hbond substituents is 1. The number of carbonyl (C=O) groups excluding carboxylic acids is 3. The number of phenols is 1. The molecule has 3 aromatic rings. The third-order valence-corrected chi connectivity index (χ3v) is 5.53. The number of rotatable bonds is 11. The number of hydrogen-bond acceptors (Lipinski definition) is 7. The number of ether oxygens (including phenoxy) is 2. The lowest BCUT2D eigenvalue weighted by atomic mass is 10.00. The van der Waals surface area contributed by atoms with Crippen LogP contribution < -0.4 is 16.4 Å². The van der Waals surface area contributed by atoms with Gasteiger partial charge in [0.05, 0.1) is 17.5 Å². The van der Waals surface area contributed by atoms with Crippen LogP contribution in [0.1, 0.15) is 41.8 Å². The van der Waals surface area contributed by atoms with Gasteiger partial charge in [-0.05, 0) is 67.8 Å². The highest BCUT2D eigenvalue weighted by molar-refractivity contribution is 6.03. The molecule has 2 atom stereocenters. The van der Waals surface area contributed by atoms with Crippen LogP contribution in [0.2, 0.25) is 0 Å². The fourth-order valence-corrected chi connectivity index (χ4v) is 3.69. The first-order valence-corrected chi connectivity index (χ1v) is 12.2. The molecule has 0 saturated carbocycles. The average molecular weight is 518 g/mol. The quantitative estimate of drug-likeness (QED) is 0.208.